The first-order valence-electron chi connectivity index (χ1n) is 19.3. The molecule has 1 aromatic heterocycles. The number of hydrogen-bond acceptors (Lipinski definition) is 7. The van der Waals surface area contributed by atoms with Crippen LogP contribution in [0, 0.1) is 30.1 Å². The third-order valence-electron chi connectivity index (χ3n) is 9.74. The Morgan fingerprint density at radius 2 is 1.14 bits per heavy atom. The Kier molecular flexibility index (Phi) is 18.9. The van der Waals surface area contributed by atoms with Crippen molar-refractivity contribution in [2.45, 2.75) is 138 Å². The molecule has 266 valence electrons. The maximum absolute atomic E-state index is 9.92. The van der Waals surface area contributed by atoms with Crippen molar-refractivity contribution in [2.24, 2.45) is 32.3 Å². The SMILES string of the molecule is CCCCCCCCc1ccc(N=Nc2sc(N=Nc3ccc(N(CC(CC)CCCC)CC(CC)CCCC)cc3)c(C#N)c2C)cc1. The Hall–Kier alpha value is -3.37. The number of aryl methyl sites for hydroxylation is 1. The van der Waals surface area contributed by atoms with E-state index in [1.807, 2.05) is 19.1 Å². The van der Waals surface area contributed by atoms with Crippen LogP contribution in [-0.4, -0.2) is 13.1 Å². The molecule has 2 unspecified atom stereocenters. The van der Waals surface area contributed by atoms with Crippen molar-refractivity contribution in [3.8, 4) is 6.07 Å². The summed E-state index contributed by atoms with van der Waals surface area (Å²) < 4.78 is 0. The summed E-state index contributed by atoms with van der Waals surface area (Å²) in [4.78, 5) is 2.62. The van der Waals surface area contributed by atoms with Crippen molar-refractivity contribution in [2.75, 3.05) is 18.0 Å². The monoisotopic (exact) mass is 682 g/mol. The van der Waals surface area contributed by atoms with E-state index in [-0.39, 0.29) is 0 Å². The molecule has 0 bridgehead atoms. The zero-order chi connectivity index (χ0) is 35.3. The fraction of sp³-hybridized carbons (Fsp3) is 0.595. The van der Waals surface area contributed by atoms with Crippen molar-refractivity contribution >= 4 is 38.4 Å². The lowest BCUT2D eigenvalue weighted by molar-refractivity contribution is 0.403. The Morgan fingerprint density at radius 3 is 1.67 bits per heavy atom. The highest BCUT2D eigenvalue weighted by molar-refractivity contribution is 7.19. The number of hydrogen-bond donors (Lipinski definition) is 0. The van der Waals surface area contributed by atoms with Gasteiger partial charge in [0, 0.05) is 24.3 Å². The predicted octanol–water partition coefficient (Wildman–Crippen LogP) is 14.9. The van der Waals surface area contributed by atoms with Crippen molar-refractivity contribution in [1.82, 2.24) is 0 Å². The summed E-state index contributed by atoms with van der Waals surface area (Å²) in [5.41, 5.74) is 5.48. The predicted molar refractivity (Wildman–Crippen MR) is 211 cm³/mol. The van der Waals surface area contributed by atoms with Crippen LogP contribution in [0.1, 0.15) is 141 Å². The Labute approximate surface area is 302 Å². The van der Waals surface area contributed by atoms with E-state index >= 15 is 0 Å². The number of nitrogens with zero attached hydrogens (tertiary/aromatic N) is 6. The summed E-state index contributed by atoms with van der Waals surface area (Å²) in [5, 5.41) is 29.2. The van der Waals surface area contributed by atoms with E-state index in [1.54, 1.807) is 0 Å². The third-order valence-corrected chi connectivity index (χ3v) is 10.8. The summed E-state index contributed by atoms with van der Waals surface area (Å²) in [6.07, 6.45) is 19.0. The lowest BCUT2D eigenvalue weighted by Gasteiger charge is -2.32. The number of nitriles is 1. The first-order chi connectivity index (χ1) is 24.0. The van der Waals surface area contributed by atoms with Crippen molar-refractivity contribution in [1.29, 1.82) is 5.26 Å². The molecule has 0 fully saturated rings. The van der Waals surface area contributed by atoms with Crippen molar-refractivity contribution < 1.29 is 0 Å². The number of thiophene rings is 1. The molecule has 0 amide bonds. The van der Waals surface area contributed by atoms with Crippen molar-refractivity contribution in [3.05, 3.63) is 65.2 Å². The number of benzene rings is 2. The normalized spacial score (nSPS) is 12.9. The van der Waals surface area contributed by atoms with Gasteiger partial charge in [-0.15, -0.1) is 20.5 Å². The summed E-state index contributed by atoms with van der Waals surface area (Å²) >= 11 is 1.36. The van der Waals surface area contributed by atoms with Gasteiger partial charge in [0.2, 0.25) is 0 Å². The van der Waals surface area contributed by atoms with Crippen LogP contribution in [0.2, 0.25) is 0 Å². The fourth-order valence-electron chi connectivity index (χ4n) is 6.30. The molecule has 6 nitrogen and oxygen atoms in total. The molecule has 0 aliphatic rings. The van der Waals surface area contributed by atoms with Gasteiger partial charge in [-0.2, -0.15) is 5.26 Å². The largest absolute Gasteiger partial charge is 0.371 e. The summed E-state index contributed by atoms with van der Waals surface area (Å²) in [6.45, 7) is 15.6. The van der Waals surface area contributed by atoms with Crippen LogP contribution in [-0.2, 0) is 6.42 Å². The molecule has 3 aromatic rings. The average molecular weight is 683 g/mol. The van der Waals surface area contributed by atoms with Crippen LogP contribution in [0.25, 0.3) is 0 Å². The third kappa shape index (κ3) is 13.8. The van der Waals surface area contributed by atoms with Gasteiger partial charge < -0.3 is 4.90 Å². The average Bonchev–Trinajstić information content (AvgIpc) is 3.44. The van der Waals surface area contributed by atoms with Crippen LogP contribution >= 0.6 is 11.3 Å². The van der Waals surface area contributed by atoms with Gasteiger partial charge in [0.25, 0.3) is 0 Å². The molecule has 2 aromatic carbocycles. The first-order valence-corrected chi connectivity index (χ1v) is 20.1. The molecular weight excluding hydrogens is 621 g/mol. The summed E-state index contributed by atoms with van der Waals surface area (Å²) in [5.74, 6) is 1.41. The Bertz CT molecular complexity index is 1420. The van der Waals surface area contributed by atoms with E-state index in [0.29, 0.717) is 27.4 Å². The van der Waals surface area contributed by atoms with Crippen LogP contribution in [0.4, 0.5) is 27.1 Å². The molecule has 0 aliphatic heterocycles. The maximum atomic E-state index is 9.92. The Balaban J connectivity index is 1.69. The highest BCUT2D eigenvalue weighted by Gasteiger charge is 2.18. The quantitative estimate of drug-likeness (QED) is 0.0696. The summed E-state index contributed by atoms with van der Waals surface area (Å²) in [7, 11) is 0. The zero-order valence-corrected chi connectivity index (χ0v) is 32.2. The first kappa shape index (κ1) is 40.1. The molecule has 0 saturated heterocycles. The van der Waals surface area contributed by atoms with Gasteiger partial charge in [0.05, 0.1) is 16.9 Å². The van der Waals surface area contributed by atoms with E-state index in [1.165, 1.54) is 112 Å². The van der Waals surface area contributed by atoms with Crippen LogP contribution in [0.3, 0.4) is 0 Å². The van der Waals surface area contributed by atoms with Gasteiger partial charge in [-0.05, 0) is 86.4 Å². The summed E-state index contributed by atoms with van der Waals surface area (Å²) in [6, 6.07) is 19.1. The maximum Gasteiger partial charge on any atom is 0.159 e. The standard InChI is InChI=1S/C42H62N6S/c1-7-12-15-16-17-18-21-36-22-24-37(25-23-36)44-46-41-33(6)40(30-43)42(49-41)47-45-38-26-28-39(29-27-38)48(31-34(10-4)19-13-8-2)32-35(11-5)20-14-9-3/h22-29,34-35H,7-21,31-32H2,1-6H3. The van der Waals surface area contributed by atoms with Gasteiger partial charge in [0.1, 0.15) is 11.1 Å². The molecule has 2 atom stereocenters. The molecule has 0 N–H and O–H groups in total. The number of anilines is 1. The van der Waals surface area contributed by atoms with Gasteiger partial charge in [0.15, 0.2) is 5.00 Å². The van der Waals surface area contributed by atoms with Gasteiger partial charge in [-0.3, -0.25) is 0 Å². The second kappa shape index (κ2) is 23.1. The Morgan fingerprint density at radius 1 is 0.633 bits per heavy atom. The van der Waals surface area contributed by atoms with Crippen LogP contribution in [0.15, 0.2) is 69.0 Å². The smallest absolute Gasteiger partial charge is 0.159 e. The number of unbranched alkanes of at least 4 members (excludes halogenated alkanes) is 7. The van der Waals surface area contributed by atoms with Crippen LogP contribution < -0.4 is 4.90 Å². The fourth-order valence-corrected chi connectivity index (χ4v) is 7.20. The number of rotatable bonds is 24. The zero-order valence-electron chi connectivity index (χ0n) is 31.4. The minimum absolute atomic E-state index is 0.509. The van der Waals surface area contributed by atoms with Crippen molar-refractivity contribution in [3.63, 3.8) is 0 Å². The molecule has 7 heteroatoms. The van der Waals surface area contributed by atoms with Gasteiger partial charge in [-0.1, -0.05) is 129 Å². The highest BCUT2D eigenvalue weighted by atomic mass is 32.1. The molecule has 0 radical (unpaired) electrons. The minimum Gasteiger partial charge on any atom is -0.371 e. The van der Waals surface area contributed by atoms with E-state index in [0.717, 1.165) is 36.4 Å². The second-order valence-electron chi connectivity index (χ2n) is 13.7. The molecule has 0 saturated carbocycles. The second-order valence-corrected chi connectivity index (χ2v) is 14.6. The molecule has 49 heavy (non-hydrogen) atoms. The van der Waals surface area contributed by atoms with E-state index in [9.17, 15) is 5.26 Å². The number of azo groups is 2. The minimum atomic E-state index is 0.509. The molecule has 0 spiro atoms. The van der Waals surface area contributed by atoms with E-state index in [2.05, 4.69) is 102 Å². The lowest BCUT2D eigenvalue weighted by atomic mass is 9.95. The lowest BCUT2D eigenvalue weighted by Crippen LogP contribution is -2.34. The topological polar surface area (TPSA) is 76.5 Å². The molecule has 1 heterocycles. The van der Waals surface area contributed by atoms with Gasteiger partial charge >= 0.3 is 0 Å². The van der Waals surface area contributed by atoms with E-state index < -0.39 is 0 Å². The molecular formula is C42H62N6S. The highest BCUT2D eigenvalue weighted by Crippen LogP contribution is 2.42. The van der Waals surface area contributed by atoms with Gasteiger partial charge in [-0.25, -0.2) is 0 Å². The van der Waals surface area contributed by atoms with Crippen LogP contribution in [0.5, 0.6) is 0 Å². The molecule has 3 rings (SSSR count). The molecule has 0 aliphatic carbocycles. The van der Waals surface area contributed by atoms with E-state index in [4.69, 9.17) is 0 Å².